The molecule has 0 aliphatic carbocycles. The van der Waals surface area contributed by atoms with Crippen molar-refractivity contribution in [3.05, 3.63) is 47.3 Å². The molecule has 1 amide bonds. The SMILES string of the molecule is CC(C)COc1ccc(NC(=O)/C=C/c2cnn(C)c2)cc1Cl. The van der Waals surface area contributed by atoms with E-state index in [-0.39, 0.29) is 5.91 Å². The lowest BCUT2D eigenvalue weighted by molar-refractivity contribution is -0.111. The zero-order chi connectivity index (χ0) is 16.8. The molecule has 0 saturated heterocycles. The van der Waals surface area contributed by atoms with Crippen molar-refractivity contribution in [1.82, 2.24) is 9.78 Å². The van der Waals surface area contributed by atoms with Gasteiger partial charge in [-0.3, -0.25) is 9.48 Å². The molecule has 0 unspecified atom stereocenters. The van der Waals surface area contributed by atoms with Crippen LogP contribution in [-0.4, -0.2) is 22.3 Å². The lowest BCUT2D eigenvalue weighted by Gasteiger charge is -2.11. The highest BCUT2D eigenvalue weighted by Gasteiger charge is 2.06. The molecule has 0 saturated carbocycles. The smallest absolute Gasteiger partial charge is 0.248 e. The molecule has 0 spiro atoms. The van der Waals surface area contributed by atoms with Crippen molar-refractivity contribution in [3.8, 4) is 5.75 Å². The van der Waals surface area contributed by atoms with Gasteiger partial charge in [-0.1, -0.05) is 25.4 Å². The number of nitrogens with zero attached hydrogens (tertiary/aromatic N) is 2. The molecule has 0 radical (unpaired) electrons. The summed E-state index contributed by atoms with van der Waals surface area (Å²) >= 11 is 6.17. The van der Waals surface area contributed by atoms with E-state index in [4.69, 9.17) is 16.3 Å². The van der Waals surface area contributed by atoms with Crippen LogP contribution in [0.5, 0.6) is 5.75 Å². The first kappa shape index (κ1) is 17.1. The third-order valence-corrected chi connectivity index (χ3v) is 3.22. The van der Waals surface area contributed by atoms with Gasteiger partial charge in [-0.25, -0.2) is 0 Å². The molecule has 0 aliphatic rings. The van der Waals surface area contributed by atoms with Crippen molar-refractivity contribution >= 4 is 29.3 Å². The van der Waals surface area contributed by atoms with E-state index >= 15 is 0 Å². The Morgan fingerprint density at radius 2 is 2.26 bits per heavy atom. The van der Waals surface area contributed by atoms with Crippen LogP contribution >= 0.6 is 11.6 Å². The molecule has 1 N–H and O–H groups in total. The summed E-state index contributed by atoms with van der Waals surface area (Å²) < 4.78 is 7.27. The first-order valence-corrected chi connectivity index (χ1v) is 7.72. The minimum atomic E-state index is -0.235. The number of benzene rings is 1. The first-order chi connectivity index (χ1) is 10.9. The number of carbonyl (C=O) groups excluding carboxylic acids is 1. The van der Waals surface area contributed by atoms with Crippen molar-refractivity contribution in [1.29, 1.82) is 0 Å². The van der Waals surface area contributed by atoms with Gasteiger partial charge in [-0.05, 0) is 30.2 Å². The topological polar surface area (TPSA) is 56.1 Å². The molecule has 5 nitrogen and oxygen atoms in total. The van der Waals surface area contributed by atoms with E-state index in [1.54, 1.807) is 35.2 Å². The molecule has 23 heavy (non-hydrogen) atoms. The van der Waals surface area contributed by atoms with Crippen LogP contribution in [0.3, 0.4) is 0 Å². The van der Waals surface area contributed by atoms with Crippen LogP contribution in [0.1, 0.15) is 19.4 Å². The normalized spacial score (nSPS) is 11.2. The van der Waals surface area contributed by atoms with E-state index in [1.807, 2.05) is 13.2 Å². The van der Waals surface area contributed by atoms with Crippen molar-refractivity contribution in [2.75, 3.05) is 11.9 Å². The van der Waals surface area contributed by atoms with Crippen LogP contribution in [0.15, 0.2) is 36.7 Å². The second-order valence-corrected chi connectivity index (χ2v) is 6.03. The highest BCUT2D eigenvalue weighted by Crippen LogP contribution is 2.28. The van der Waals surface area contributed by atoms with Crippen molar-refractivity contribution in [2.45, 2.75) is 13.8 Å². The molecule has 0 fully saturated rings. The Balaban J connectivity index is 1.95. The van der Waals surface area contributed by atoms with Crippen LogP contribution in [0, 0.1) is 5.92 Å². The molecular formula is C17H20ClN3O2. The average Bonchev–Trinajstić information content (AvgIpc) is 2.90. The van der Waals surface area contributed by atoms with Crippen molar-refractivity contribution in [3.63, 3.8) is 0 Å². The summed E-state index contributed by atoms with van der Waals surface area (Å²) in [6, 6.07) is 5.19. The fourth-order valence-corrected chi connectivity index (χ4v) is 2.07. The Labute approximate surface area is 140 Å². The minimum absolute atomic E-state index is 0.235. The number of ether oxygens (including phenoxy) is 1. The quantitative estimate of drug-likeness (QED) is 0.819. The Hall–Kier alpha value is -2.27. The lowest BCUT2D eigenvalue weighted by atomic mass is 10.2. The highest BCUT2D eigenvalue weighted by atomic mass is 35.5. The molecule has 1 heterocycles. The summed E-state index contributed by atoms with van der Waals surface area (Å²) in [5, 5.41) is 7.26. The first-order valence-electron chi connectivity index (χ1n) is 7.34. The predicted octanol–water partition coefficient (Wildman–Crippen LogP) is 3.76. The van der Waals surface area contributed by atoms with Crippen molar-refractivity contribution in [2.24, 2.45) is 13.0 Å². The van der Waals surface area contributed by atoms with Gasteiger partial charge in [0, 0.05) is 30.6 Å². The number of amides is 1. The van der Waals surface area contributed by atoms with Gasteiger partial charge in [-0.15, -0.1) is 0 Å². The van der Waals surface area contributed by atoms with E-state index in [1.165, 1.54) is 6.08 Å². The second kappa shape index (κ2) is 7.83. The standard InChI is InChI=1S/C17H20ClN3O2/c1-12(2)11-23-16-6-5-14(8-15(16)18)20-17(22)7-4-13-9-19-21(3)10-13/h4-10,12H,11H2,1-3H3,(H,20,22)/b7-4+. The van der Waals surface area contributed by atoms with Gasteiger partial charge in [0.05, 0.1) is 17.8 Å². The zero-order valence-corrected chi connectivity index (χ0v) is 14.2. The van der Waals surface area contributed by atoms with Crippen LogP contribution in [0.25, 0.3) is 6.08 Å². The summed E-state index contributed by atoms with van der Waals surface area (Å²) in [6.45, 7) is 4.73. The fourth-order valence-electron chi connectivity index (χ4n) is 1.83. The number of hydrogen-bond acceptors (Lipinski definition) is 3. The maximum atomic E-state index is 11.9. The number of anilines is 1. The zero-order valence-electron chi connectivity index (χ0n) is 13.4. The number of halogens is 1. The number of hydrogen-bond donors (Lipinski definition) is 1. The fraction of sp³-hybridized carbons (Fsp3) is 0.294. The molecule has 2 rings (SSSR count). The van der Waals surface area contributed by atoms with Gasteiger partial charge in [-0.2, -0.15) is 5.10 Å². The number of rotatable bonds is 6. The van der Waals surface area contributed by atoms with Gasteiger partial charge < -0.3 is 10.1 Å². The van der Waals surface area contributed by atoms with Gasteiger partial charge in [0.15, 0.2) is 0 Å². The third-order valence-electron chi connectivity index (χ3n) is 2.92. The van der Waals surface area contributed by atoms with Crippen molar-refractivity contribution < 1.29 is 9.53 Å². The van der Waals surface area contributed by atoms with Gasteiger partial charge in [0.1, 0.15) is 5.75 Å². The molecule has 122 valence electrons. The Kier molecular flexibility index (Phi) is 5.82. The van der Waals surface area contributed by atoms with E-state index in [0.29, 0.717) is 29.0 Å². The largest absolute Gasteiger partial charge is 0.492 e. The van der Waals surface area contributed by atoms with E-state index in [2.05, 4.69) is 24.3 Å². The molecular weight excluding hydrogens is 314 g/mol. The minimum Gasteiger partial charge on any atom is -0.492 e. The van der Waals surface area contributed by atoms with E-state index in [9.17, 15) is 4.79 Å². The molecule has 1 aromatic heterocycles. The highest BCUT2D eigenvalue weighted by molar-refractivity contribution is 6.32. The second-order valence-electron chi connectivity index (χ2n) is 5.62. The number of nitrogens with one attached hydrogen (secondary N) is 1. The Bertz CT molecular complexity index is 708. The summed E-state index contributed by atoms with van der Waals surface area (Å²) in [6.07, 6.45) is 6.65. The molecule has 0 bridgehead atoms. The van der Waals surface area contributed by atoms with E-state index < -0.39 is 0 Å². The number of aromatic nitrogens is 2. The number of aryl methyl sites for hydroxylation is 1. The van der Waals surface area contributed by atoms with Crippen LogP contribution in [-0.2, 0) is 11.8 Å². The molecule has 1 aromatic carbocycles. The summed E-state index contributed by atoms with van der Waals surface area (Å²) in [5.74, 6) is 0.799. The maximum Gasteiger partial charge on any atom is 0.248 e. The molecule has 2 aromatic rings. The van der Waals surface area contributed by atoms with Gasteiger partial charge >= 0.3 is 0 Å². The average molecular weight is 334 g/mol. The van der Waals surface area contributed by atoms with Gasteiger partial charge in [0.25, 0.3) is 0 Å². The van der Waals surface area contributed by atoms with Gasteiger partial charge in [0.2, 0.25) is 5.91 Å². The molecule has 0 aliphatic heterocycles. The summed E-state index contributed by atoms with van der Waals surface area (Å²) in [4.78, 5) is 11.9. The monoisotopic (exact) mass is 333 g/mol. The maximum absolute atomic E-state index is 11.9. The Morgan fingerprint density at radius 1 is 1.48 bits per heavy atom. The summed E-state index contributed by atoms with van der Waals surface area (Å²) in [7, 11) is 1.82. The number of carbonyl (C=O) groups is 1. The lowest BCUT2D eigenvalue weighted by Crippen LogP contribution is -2.08. The molecule has 6 heteroatoms. The van der Waals surface area contributed by atoms with Crippen LogP contribution in [0.2, 0.25) is 5.02 Å². The van der Waals surface area contributed by atoms with E-state index in [0.717, 1.165) is 5.56 Å². The van der Waals surface area contributed by atoms with Crippen LogP contribution < -0.4 is 10.1 Å². The Morgan fingerprint density at radius 3 is 2.87 bits per heavy atom. The third kappa shape index (κ3) is 5.45. The summed E-state index contributed by atoms with van der Waals surface area (Å²) in [5.41, 5.74) is 1.48. The molecule has 0 atom stereocenters. The van der Waals surface area contributed by atoms with Crippen LogP contribution in [0.4, 0.5) is 5.69 Å². The predicted molar refractivity (Wildman–Crippen MR) is 92.7 cm³/mol.